The van der Waals surface area contributed by atoms with Gasteiger partial charge in [0, 0.05) is 34.8 Å². The lowest BCUT2D eigenvalue weighted by Crippen LogP contribution is -2.34. The molecule has 0 saturated heterocycles. The summed E-state index contributed by atoms with van der Waals surface area (Å²) in [7, 11) is 0. The second kappa shape index (κ2) is 12.6. The van der Waals surface area contributed by atoms with Gasteiger partial charge in [-0.15, -0.1) is 11.3 Å². The molecule has 1 amide bonds. The lowest BCUT2D eigenvalue weighted by atomic mass is 10.0. The molecule has 1 unspecified atom stereocenters. The molecule has 0 aliphatic carbocycles. The van der Waals surface area contributed by atoms with E-state index in [1.165, 1.54) is 41.7 Å². The molecule has 0 aliphatic rings. The van der Waals surface area contributed by atoms with Crippen molar-refractivity contribution >= 4 is 28.7 Å². The summed E-state index contributed by atoms with van der Waals surface area (Å²) in [5.41, 5.74) is 1.96. The Morgan fingerprint density at radius 3 is 2.56 bits per heavy atom. The predicted octanol–water partition coefficient (Wildman–Crippen LogP) is 6.84. The summed E-state index contributed by atoms with van der Waals surface area (Å²) in [4.78, 5) is 18.2. The summed E-state index contributed by atoms with van der Waals surface area (Å²) >= 11 is -1.46. The van der Waals surface area contributed by atoms with E-state index in [1.54, 1.807) is 18.3 Å². The quantitative estimate of drug-likeness (QED) is 0.210. The van der Waals surface area contributed by atoms with E-state index in [0.717, 1.165) is 17.1 Å². The Labute approximate surface area is 232 Å². The zero-order valence-corrected chi connectivity index (χ0v) is 23.4. The predicted molar refractivity (Wildman–Crippen MR) is 148 cm³/mol. The van der Waals surface area contributed by atoms with Crippen molar-refractivity contribution in [1.82, 2.24) is 13.9 Å². The van der Waals surface area contributed by atoms with Crippen molar-refractivity contribution in [3.63, 3.8) is 0 Å². The molecule has 0 fully saturated rings. The van der Waals surface area contributed by atoms with Crippen LogP contribution in [0.1, 0.15) is 42.6 Å². The number of aryl methyl sites for hydroxylation is 1. The first-order valence-corrected chi connectivity index (χ1v) is 14.3. The van der Waals surface area contributed by atoms with Gasteiger partial charge < -0.3 is 9.30 Å². The molecule has 2 aromatic heterocycles. The monoisotopic (exact) mass is 573 g/mol. The fourth-order valence-corrected chi connectivity index (χ4v) is 5.75. The van der Waals surface area contributed by atoms with E-state index in [0.29, 0.717) is 45.4 Å². The standard InChI is InChI=1S/C28H29F2N3O4S2/c1-4-26-31-11-12-32(26)17-21-8-7-20(14-25(21)30)24-15-23(13-18(2)3)38-27(24)37-28(34)33(39(35)36)16-19-5-9-22(29)10-6-19/h5-12,14-15,18H,4,13,16-17H2,1-3H3,(H,35,36). The van der Waals surface area contributed by atoms with Crippen molar-refractivity contribution in [2.24, 2.45) is 5.92 Å². The van der Waals surface area contributed by atoms with Crippen LogP contribution in [0.5, 0.6) is 5.06 Å². The van der Waals surface area contributed by atoms with E-state index in [1.807, 2.05) is 23.8 Å². The summed E-state index contributed by atoms with van der Waals surface area (Å²) in [5, 5.41) is 0.195. The molecule has 0 aliphatic heterocycles. The van der Waals surface area contributed by atoms with Crippen LogP contribution in [0.15, 0.2) is 60.9 Å². The molecule has 4 rings (SSSR count). The number of halogens is 2. The number of hydrogen-bond acceptors (Lipinski definition) is 5. The molecule has 1 atom stereocenters. The number of imidazole rings is 1. The van der Waals surface area contributed by atoms with Crippen molar-refractivity contribution in [1.29, 1.82) is 0 Å². The summed E-state index contributed by atoms with van der Waals surface area (Å²) in [5.74, 6) is 0.303. The molecule has 7 nitrogen and oxygen atoms in total. The van der Waals surface area contributed by atoms with Crippen molar-refractivity contribution in [3.8, 4) is 16.2 Å². The Morgan fingerprint density at radius 2 is 1.92 bits per heavy atom. The van der Waals surface area contributed by atoms with Crippen molar-refractivity contribution < 1.29 is 27.1 Å². The topological polar surface area (TPSA) is 84.7 Å². The van der Waals surface area contributed by atoms with Crippen LogP contribution in [-0.2, 0) is 37.2 Å². The number of carbonyl (C=O) groups excluding carboxylic acids is 1. The zero-order valence-electron chi connectivity index (χ0n) is 21.8. The Morgan fingerprint density at radius 1 is 1.18 bits per heavy atom. The maximum Gasteiger partial charge on any atom is 0.430 e. The van der Waals surface area contributed by atoms with Gasteiger partial charge in [-0.05, 0) is 47.7 Å². The minimum absolute atomic E-state index is 0.195. The smallest absolute Gasteiger partial charge is 0.398 e. The van der Waals surface area contributed by atoms with Gasteiger partial charge >= 0.3 is 6.09 Å². The van der Waals surface area contributed by atoms with Gasteiger partial charge in [0.1, 0.15) is 17.5 Å². The van der Waals surface area contributed by atoms with Gasteiger partial charge in [0.15, 0.2) is 5.06 Å². The first-order chi connectivity index (χ1) is 18.6. The first kappa shape index (κ1) is 28.6. The molecule has 0 saturated carbocycles. The highest BCUT2D eigenvalue weighted by molar-refractivity contribution is 7.77. The molecule has 206 valence electrons. The van der Waals surface area contributed by atoms with Crippen LogP contribution in [-0.4, -0.2) is 28.7 Å². The Hall–Kier alpha value is -3.41. The summed E-state index contributed by atoms with van der Waals surface area (Å²) in [6, 6.07) is 11.9. The van der Waals surface area contributed by atoms with E-state index >= 15 is 4.39 Å². The number of benzene rings is 2. The minimum atomic E-state index is -2.69. The Bertz CT molecular complexity index is 1470. The zero-order chi connectivity index (χ0) is 28.1. The van der Waals surface area contributed by atoms with Crippen LogP contribution in [0.2, 0.25) is 0 Å². The third kappa shape index (κ3) is 7.17. The van der Waals surface area contributed by atoms with Gasteiger partial charge in [-0.2, -0.15) is 4.31 Å². The van der Waals surface area contributed by atoms with Crippen molar-refractivity contribution in [3.05, 3.63) is 94.4 Å². The number of carbonyl (C=O) groups is 1. The second-order valence-electron chi connectivity index (χ2n) is 9.40. The lowest BCUT2D eigenvalue weighted by molar-refractivity contribution is 0.178. The number of ether oxygens (including phenoxy) is 1. The number of amides is 1. The number of hydrogen-bond donors (Lipinski definition) is 1. The van der Waals surface area contributed by atoms with Crippen LogP contribution in [0.4, 0.5) is 13.6 Å². The molecule has 4 aromatic rings. The largest absolute Gasteiger partial charge is 0.430 e. The van der Waals surface area contributed by atoms with Crippen molar-refractivity contribution in [2.75, 3.05) is 0 Å². The van der Waals surface area contributed by atoms with Gasteiger partial charge in [-0.25, -0.2) is 22.8 Å². The number of thiophene rings is 1. The third-order valence-electron chi connectivity index (χ3n) is 5.99. The third-order valence-corrected chi connectivity index (χ3v) is 7.68. The van der Waals surface area contributed by atoms with Crippen LogP contribution in [0, 0.1) is 17.6 Å². The molecular formula is C28H29F2N3O4S2. The van der Waals surface area contributed by atoms with Crippen LogP contribution in [0.25, 0.3) is 11.1 Å². The average Bonchev–Trinajstić information content (AvgIpc) is 3.50. The van der Waals surface area contributed by atoms with Gasteiger partial charge in [0.2, 0.25) is 0 Å². The van der Waals surface area contributed by atoms with Crippen LogP contribution in [0.3, 0.4) is 0 Å². The SMILES string of the molecule is CCc1nccn1Cc1ccc(-c2cc(CC(C)C)sc2OC(=O)N(Cc2ccc(F)cc2)S(=O)O)cc1F. The molecule has 0 spiro atoms. The summed E-state index contributed by atoms with van der Waals surface area (Å²) in [6.07, 6.45) is 3.88. The highest BCUT2D eigenvalue weighted by Crippen LogP contribution is 2.40. The number of rotatable bonds is 10. The van der Waals surface area contributed by atoms with E-state index in [2.05, 4.69) is 18.8 Å². The number of aromatic nitrogens is 2. The van der Waals surface area contributed by atoms with Gasteiger partial charge in [0.05, 0.1) is 13.1 Å². The maximum absolute atomic E-state index is 15.2. The fraction of sp³-hybridized carbons (Fsp3) is 0.286. The molecular weight excluding hydrogens is 544 g/mol. The minimum Gasteiger partial charge on any atom is -0.398 e. The summed E-state index contributed by atoms with van der Waals surface area (Å²) < 4.78 is 58.4. The lowest BCUT2D eigenvalue weighted by Gasteiger charge is -2.17. The van der Waals surface area contributed by atoms with Crippen LogP contribution < -0.4 is 4.74 Å². The second-order valence-corrected chi connectivity index (χ2v) is 11.4. The van der Waals surface area contributed by atoms with Crippen molar-refractivity contribution in [2.45, 2.75) is 46.7 Å². The molecule has 11 heteroatoms. The Balaban J connectivity index is 1.61. The molecule has 1 N–H and O–H groups in total. The fourth-order valence-electron chi connectivity index (χ4n) is 4.10. The van der Waals surface area contributed by atoms with Gasteiger partial charge in [-0.1, -0.05) is 45.0 Å². The summed E-state index contributed by atoms with van der Waals surface area (Å²) in [6.45, 7) is 6.16. The molecule has 39 heavy (non-hydrogen) atoms. The van der Waals surface area contributed by atoms with E-state index < -0.39 is 29.0 Å². The molecule has 2 heterocycles. The Kier molecular flexibility index (Phi) is 9.26. The highest BCUT2D eigenvalue weighted by Gasteiger charge is 2.25. The van der Waals surface area contributed by atoms with Crippen LogP contribution >= 0.6 is 11.3 Å². The van der Waals surface area contributed by atoms with E-state index in [4.69, 9.17) is 4.74 Å². The van der Waals surface area contributed by atoms with Gasteiger partial charge in [-0.3, -0.25) is 4.55 Å². The molecule has 0 bridgehead atoms. The maximum atomic E-state index is 15.2. The average molecular weight is 574 g/mol. The first-order valence-electron chi connectivity index (χ1n) is 12.4. The molecule has 2 aromatic carbocycles. The van der Waals surface area contributed by atoms with E-state index in [9.17, 15) is 17.9 Å². The highest BCUT2D eigenvalue weighted by atomic mass is 32.2. The van der Waals surface area contributed by atoms with E-state index in [-0.39, 0.29) is 11.6 Å². The number of nitrogens with zero attached hydrogens (tertiary/aromatic N) is 3. The van der Waals surface area contributed by atoms with Gasteiger partial charge in [0.25, 0.3) is 11.3 Å². The molecule has 0 radical (unpaired) electrons. The normalized spacial score (nSPS) is 12.1.